The number of nitrogens with zero attached hydrogens (tertiary/aromatic N) is 1. The first kappa shape index (κ1) is 12.3. The molecule has 0 spiro atoms. The van der Waals surface area contributed by atoms with Gasteiger partial charge in [0.05, 0.1) is 0 Å². The van der Waals surface area contributed by atoms with Gasteiger partial charge in [-0.1, -0.05) is 47.1 Å². The van der Waals surface area contributed by atoms with Crippen LogP contribution in [0.15, 0.2) is 59.8 Å². The minimum absolute atomic E-state index is 0.0120. The molecule has 2 aromatic rings. The van der Waals surface area contributed by atoms with Gasteiger partial charge in [0.2, 0.25) is 5.78 Å². The van der Waals surface area contributed by atoms with Crippen molar-refractivity contribution in [3.05, 3.63) is 70.7 Å². The Balaban J connectivity index is 2.35. The van der Waals surface area contributed by atoms with Gasteiger partial charge in [0, 0.05) is 16.1 Å². The molecule has 0 aliphatic heterocycles. The van der Waals surface area contributed by atoms with Crippen molar-refractivity contribution in [3.63, 3.8) is 0 Å². The number of Topliss-reactive ketones (excluding diaryl/α,β-unsaturated/α-hetero) is 1. The van der Waals surface area contributed by atoms with Crippen LogP contribution in [-0.4, -0.2) is 16.7 Å². The Hall–Kier alpha value is -2.13. The zero-order chi connectivity index (χ0) is 13.0. The number of carbonyl (C=O) groups is 1. The molecule has 0 heterocycles. The fraction of sp³-hybridized carbons (Fsp3) is 0. The van der Waals surface area contributed by atoms with E-state index in [9.17, 15) is 4.79 Å². The predicted molar refractivity (Wildman–Crippen MR) is 70.5 cm³/mol. The molecule has 0 bridgehead atoms. The predicted octanol–water partition coefficient (Wildman–Crippen LogP) is 3.40. The van der Waals surface area contributed by atoms with Gasteiger partial charge < -0.3 is 5.21 Å². The third-order valence-electron chi connectivity index (χ3n) is 2.47. The summed E-state index contributed by atoms with van der Waals surface area (Å²) in [6, 6.07) is 15.2. The van der Waals surface area contributed by atoms with Crippen LogP contribution in [0.3, 0.4) is 0 Å². The SMILES string of the molecule is O=C(/C(=N/O)c1ccccc1)c1ccc(Cl)cc1. The quantitative estimate of drug-likeness (QED) is 0.397. The van der Waals surface area contributed by atoms with Crippen molar-refractivity contribution in [2.45, 2.75) is 0 Å². The number of hydrogen-bond donors (Lipinski definition) is 1. The van der Waals surface area contributed by atoms with Crippen molar-refractivity contribution in [1.82, 2.24) is 0 Å². The number of oxime groups is 1. The van der Waals surface area contributed by atoms with Gasteiger partial charge in [-0.15, -0.1) is 0 Å². The molecule has 2 rings (SSSR count). The summed E-state index contributed by atoms with van der Waals surface area (Å²) in [5, 5.41) is 12.6. The van der Waals surface area contributed by atoms with Crippen molar-refractivity contribution >= 4 is 23.1 Å². The van der Waals surface area contributed by atoms with Gasteiger partial charge in [-0.2, -0.15) is 0 Å². The third kappa shape index (κ3) is 2.57. The largest absolute Gasteiger partial charge is 0.410 e. The maximum Gasteiger partial charge on any atom is 0.215 e. The molecule has 0 aliphatic rings. The van der Waals surface area contributed by atoms with Gasteiger partial charge in [-0.25, -0.2) is 0 Å². The van der Waals surface area contributed by atoms with Crippen LogP contribution in [0.4, 0.5) is 0 Å². The molecule has 0 saturated heterocycles. The fourth-order valence-corrected chi connectivity index (χ4v) is 1.69. The van der Waals surface area contributed by atoms with Crippen LogP contribution in [0.5, 0.6) is 0 Å². The Labute approximate surface area is 109 Å². The molecular weight excluding hydrogens is 250 g/mol. The molecule has 0 aliphatic carbocycles. The average molecular weight is 260 g/mol. The first-order valence-corrected chi connectivity index (χ1v) is 5.68. The van der Waals surface area contributed by atoms with E-state index in [0.717, 1.165) is 0 Å². The number of ketones is 1. The lowest BCUT2D eigenvalue weighted by molar-refractivity contribution is 0.106. The van der Waals surface area contributed by atoms with Crippen molar-refractivity contribution < 1.29 is 10.0 Å². The van der Waals surface area contributed by atoms with Crippen molar-refractivity contribution in [1.29, 1.82) is 0 Å². The zero-order valence-corrected chi connectivity index (χ0v) is 10.1. The lowest BCUT2D eigenvalue weighted by Gasteiger charge is -2.03. The highest BCUT2D eigenvalue weighted by Crippen LogP contribution is 2.13. The van der Waals surface area contributed by atoms with E-state index in [0.29, 0.717) is 16.1 Å². The Morgan fingerprint density at radius 1 is 0.944 bits per heavy atom. The van der Waals surface area contributed by atoms with Gasteiger partial charge in [0.15, 0.2) is 5.71 Å². The molecule has 90 valence electrons. The molecule has 3 nitrogen and oxygen atoms in total. The number of hydrogen-bond acceptors (Lipinski definition) is 3. The Morgan fingerprint density at radius 3 is 2.11 bits per heavy atom. The van der Waals surface area contributed by atoms with E-state index in [2.05, 4.69) is 5.16 Å². The summed E-state index contributed by atoms with van der Waals surface area (Å²) >= 11 is 5.76. The second-order valence-corrected chi connectivity index (χ2v) is 4.09. The summed E-state index contributed by atoms with van der Waals surface area (Å²) < 4.78 is 0. The van der Waals surface area contributed by atoms with E-state index in [4.69, 9.17) is 16.8 Å². The zero-order valence-electron chi connectivity index (χ0n) is 9.38. The van der Waals surface area contributed by atoms with Gasteiger partial charge >= 0.3 is 0 Å². The lowest BCUT2D eigenvalue weighted by atomic mass is 10.0. The van der Waals surface area contributed by atoms with Crippen molar-refractivity contribution in [2.75, 3.05) is 0 Å². The molecule has 0 fully saturated rings. The molecule has 18 heavy (non-hydrogen) atoms. The standard InChI is InChI=1S/C14H10ClNO2/c15-12-8-6-11(7-9-12)14(17)13(16-18)10-4-2-1-3-5-10/h1-9,18H/b16-13+. The number of benzene rings is 2. The molecule has 0 saturated carbocycles. The Kier molecular flexibility index (Phi) is 3.75. The second-order valence-electron chi connectivity index (χ2n) is 3.65. The van der Waals surface area contributed by atoms with E-state index in [1.165, 1.54) is 0 Å². The first-order valence-electron chi connectivity index (χ1n) is 5.30. The van der Waals surface area contributed by atoms with Crippen LogP contribution in [0.25, 0.3) is 0 Å². The highest BCUT2D eigenvalue weighted by atomic mass is 35.5. The summed E-state index contributed by atoms with van der Waals surface area (Å²) in [6.07, 6.45) is 0. The number of carbonyl (C=O) groups excluding carboxylic acids is 1. The van der Waals surface area contributed by atoms with E-state index < -0.39 is 0 Å². The third-order valence-corrected chi connectivity index (χ3v) is 2.72. The molecule has 0 atom stereocenters. The molecule has 0 radical (unpaired) electrons. The maximum absolute atomic E-state index is 12.2. The van der Waals surface area contributed by atoms with E-state index in [1.54, 1.807) is 48.5 Å². The summed E-state index contributed by atoms with van der Waals surface area (Å²) in [6.45, 7) is 0. The molecule has 0 unspecified atom stereocenters. The van der Waals surface area contributed by atoms with Gasteiger partial charge in [-0.05, 0) is 24.3 Å². The Bertz CT molecular complexity index is 577. The molecule has 0 aromatic heterocycles. The van der Waals surface area contributed by atoms with Crippen molar-refractivity contribution in [2.24, 2.45) is 5.16 Å². The highest BCUT2D eigenvalue weighted by molar-refractivity contribution is 6.51. The molecule has 4 heteroatoms. The van der Waals surface area contributed by atoms with Gasteiger partial charge in [0.25, 0.3) is 0 Å². The van der Waals surface area contributed by atoms with Crippen LogP contribution >= 0.6 is 11.6 Å². The van der Waals surface area contributed by atoms with Crippen molar-refractivity contribution in [3.8, 4) is 0 Å². The average Bonchev–Trinajstić information content (AvgIpc) is 2.41. The number of rotatable bonds is 3. The van der Waals surface area contributed by atoms with Crippen LogP contribution in [0.1, 0.15) is 15.9 Å². The topological polar surface area (TPSA) is 49.7 Å². The Morgan fingerprint density at radius 2 is 1.56 bits per heavy atom. The molecule has 0 amide bonds. The smallest absolute Gasteiger partial charge is 0.215 e. The fourth-order valence-electron chi connectivity index (χ4n) is 1.57. The molecule has 1 N–H and O–H groups in total. The van der Waals surface area contributed by atoms with Crippen LogP contribution < -0.4 is 0 Å². The summed E-state index contributed by atoms with van der Waals surface area (Å²) in [5.74, 6) is -0.347. The van der Waals surface area contributed by atoms with Gasteiger partial charge in [-0.3, -0.25) is 4.79 Å². The van der Waals surface area contributed by atoms with Crippen LogP contribution in [0.2, 0.25) is 5.02 Å². The maximum atomic E-state index is 12.2. The highest BCUT2D eigenvalue weighted by Gasteiger charge is 2.16. The van der Waals surface area contributed by atoms with Crippen LogP contribution in [-0.2, 0) is 0 Å². The van der Waals surface area contributed by atoms with E-state index >= 15 is 0 Å². The summed E-state index contributed by atoms with van der Waals surface area (Å²) in [7, 11) is 0. The van der Waals surface area contributed by atoms with E-state index in [1.807, 2.05) is 6.07 Å². The second kappa shape index (κ2) is 5.47. The first-order chi connectivity index (χ1) is 8.72. The minimum atomic E-state index is -0.347. The van der Waals surface area contributed by atoms with Crippen LogP contribution in [0, 0.1) is 0 Å². The summed E-state index contributed by atoms with van der Waals surface area (Å²) in [5.41, 5.74) is 1.01. The normalized spacial score (nSPS) is 11.3. The summed E-state index contributed by atoms with van der Waals surface area (Å²) in [4.78, 5) is 12.2. The monoisotopic (exact) mass is 259 g/mol. The number of halogens is 1. The van der Waals surface area contributed by atoms with Gasteiger partial charge in [0.1, 0.15) is 0 Å². The molecular formula is C14H10ClNO2. The van der Waals surface area contributed by atoms with E-state index in [-0.39, 0.29) is 11.5 Å². The molecule has 2 aromatic carbocycles. The lowest BCUT2D eigenvalue weighted by Crippen LogP contribution is -2.15. The minimum Gasteiger partial charge on any atom is -0.410 e.